The molecule has 0 bridgehead atoms. The van der Waals surface area contributed by atoms with Gasteiger partial charge in [-0.1, -0.05) is 0 Å². The standard InChI is InChI=1S/C10H13N3O/c1-14-7-3-6-13-10-9(8-11)4-2-5-12-10/h2,4-5H,3,6-7H2,1H3,(H,12,13). The zero-order valence-electron chi connectivity index (χ0n) is 8.16. The van der Waals surface area contributed by atoms with Crippen LogP contribution in [-0.2, 0) is 4.74 Å². The molecule has 0 radical (unpaired) electrons. The van der Waals surface area contributed by atoms with Gasteiger partial charge >= 0.3 is 0 Å². The maximum atomic E-state index is 8.77. The molecule has 74 valence electrons. The Bertz CT molecular complexity index is 319. The predicted octanol–water partition coefficient (Wildman–Crippen LogP) is 1.40. The summed E-state index contributed by atoms with van der Waals surface area (Å²) in [6, 6.07) is 5.57. The number of hydrogen-bond donors (Lipinski definition) is 1. The van der Waals surface area contributed by atoms with Crippen LogP contribution >= 0.6 is 0 Å². The SMILES string of the molecule is COCCCNc1ncccc1C#N. The van der Waals surface area contributed by atoms with Gasteiger partial charge in [0.25, 0.3) is 0 Å². The number of aromatic nitrogens is 1. The van der Waals surface area contributed by atoms with Gasteiger partial charge in [0.05, 0.1) is 5.56 Å². The Balaban J connectivity index is 2.46. The molecular weight excluding hydrogens is 178 g/mol. The number of nitrogens with one attached hydrogen (secondary N) is 1. The van der Waals surface area contributed by atoms with E-state index in [1.54, 1.807) is 25.4 Å². The van der Waals surface area contributed by atoms with Crippen LogP contribution in [0.5, 0.6) is 0 Å². The molecule has 4 heteroatoms. The Morgan fingerprint density at radius 1 is 1.64 bits per heavy atom. The van der Waals surface area contributed by atoms with Crippen molar-refractivity contribution in [3.63, 3.8) is 0 Å². The third-order valence-corrected chi connectivity index (χ3v) is 1.75. The highest BCUT2D eigenvalue weighted by atomic mass is 16.5. The summed E-state index contributed by atoms with van der Waals surface area (Å²) in [6.07, 6.45) is 2.57. The molecule has 1 aromatic heterocycles. The molecule has 0 amide bonds. The fraction of sp³-hybridized carbons (Fsp3) is 0.400. The molecule has 0 aliphatic heterocycles. The van der Waals surface area contributed by atoms with E-state index in [0.717, 1.165) is 13.0 Å². The molecule has 14 heavy (non-hydrogen) atoms. The molecular formula is C10H13N3O. The smallest absolute Gasteiger partial charge is 0.143 e. The summed E-state index contributed by atoms with van der Waals surface area (Å²) in [7, 11) is 1.67. The Morgan fingerprint density at radius 2 is 2.50 bits per heavy atom. The van der Waals surface area contributed by atoms with Gasteiger partial charge in [0.1, 0.15) is 11.9 Å². The Labute approximate surface area is 83.5 Å². The minimum Gasteiger partial charge on any atom is -0.385 e. The number of methoxy groups -OCH3 is 1. The summed E-state index contributed by atoms with van der Waals surface area (Å²) in [5, 5.41) is 11.9. The van der Waals surface area contributed by atoms with Gasteiger partial charge in [0.15, 0.2) is 0 Å². The average molecular weight is 191 g/mol. The summed E-state index contributed by atoms with van der Waals surface area (Å²) in [5.74, 6) is 0.645. The molecule has 1 heterocycles. The van der Waals surface area contributed by atoms with Crippen LogP contribution in [0.1, 0.15) is 12.0 Å². The van der Waals surface area contributed by atoms with E-state index in [4.69, 9.17) is 10.00 Å². The number of anilines is 1. The van der Waals surface area contributed by atoms with E-state index in [-0.39, 0.29) is 0 Å². The second-order valence-corrected chi connectivity index (χ2v) is 2.78. The van der Waals surface area contributed by atoms with Crippen LogP contribution in [0.3, 0.4) is 0 Å². The fourth-order valence-corrected chi connectivity index (χ4v) is 1.06. The highest BCUT2D eigenvalue weighted by molar-refractivity contribution is 5.50. The molecule has 1 N–H and O–H groups in total. The van der Waals surface area contributed by atoms with Crippen molar-refractivity contribution in [1.29, 1.82) is 5.26 Å². The number of nitrogens with zero attached hydrogens (tertiary/aromatic N) is 2. The molecule has 0 aliphatic carbocycles. The van der Waals surface area contributed by atoms with Crippen molar-refractivity contribution in [2.24, 2.45) is 0 Å². The first-order chi connectivity index (χ1) is 6.88. The van der Waals surface area contributed by atoms with Crippen molar-refractivity contribution < 1.29 is 4.74 Å². The number of pyridine rings is 1. The molecule has 0 saturated heterocycles. The molecule has 1 rings (SSSR count). The van der Waals surface area contributed by atoms with Gasteiger partial charge in [-0.25, -0.2) is 4.98 Å². The predicted molar refractivity (Wildman–Crippen MR) is 53.9 cm³/mol. The van der Waals surface area contributed by atoms with E-state index in [1.165, 1.54) is 0 Å². The average Bonchev–Trinajstić information content (AvgIpc) is 2.25. The Morgan fingerprint density at radius 3 is 3.21 bits per heavy atom. The maximum Gasteiger partial charge on any atom is 0.143 e. The van der Waals surface area contributed by atoms with Crippen LogP contribution in [0.25, 0.3) is 0 Å². The third-order valence-electron chi connectivity index (χ3n) is 1.75. The second kappa shape index (κ2) is 5.95. The number of nitriles is 1. The van der Waals surface area contributed by atoms with Crippen molar-refractivity contribution in [2.45, 2.75) is 6.42 Å². The maximum absolute atomic E-state index is 8.77. The van der Waals surface area contributed by atoms with Crippen molar-refractivity contribution >= 4 is 5.82 Å². The number of hydrogen-bond acceptors (Lipinski definition) is 4. The zero-order chi connectivity index (χ0) is 10.2. The summed E-state index contributed by atoms with van der Waals surface area (Å²) >= 11 is 0. The monoisotopic (exact) mass is 191 g/mol. The molecule has 0 aromatic carbocycles. The van der Waals surface area contributed by atoms with Crippen molar-refractivity contribution in [2.75, 3.05) is 25.6 Å². The van der Waals surface area contributed by atoms with E-state index in [9.17, 15) is 0 Å². The van der Waals surface area contributed by atoms with Crippen LogP contribution in [0, 0.1) is 11.3 Å². The van der Waals surface area contributed by atoms with Crippen LogP contribution < -0.4 is 5.32 Å². The molecule has 0 unspecified atom stereocenters. The molecule has 0 atom stereocenters. The topological polar surface area (TPSA) is 57.9 Å². The van der Waals surface area contributed by atoms with E-state index < -0.39 is 0 Å². The summed E-state index contributed by atoms with van der Waals surface area (Å²) in [6.45, 7) is 1.47. The highest BCUT2D eigenvalue weighted by Crippen LogP contribution is 2.08. The third kappa shape index (κ3) is 3.04. The molecule has 0 saturated carbocycles. The van der Waals surface area contributed by atoms with Gasteiger partial charge in [-0.15, -0.1) is 0 Å². The minimum atomic E-state index is 0.574. The quantitative estimate of drug-likeness (QED) is 0.715. The van der Waals surface area contributed by atoms with Gasteiger partial charge in [0, 0.05) is 26.5 Å². The minimum absolute atomic E-state index is 0.574. The molecule has 0 aliphatic rings. The number of rotatable bonds is 5. The highest BCUT2D eigenvalue weighted by Gasteiger charge is 1.99. The van der Waals surface area contributed by atoms with Crippen LogP contribution in [0.4, 0.5) is 5.82 Å². The van der Waals surface area contributed by atoms with E-state index in [0.29, 0.717) is 18.0 Å². The normalized spacial score (nSPS) is 9.43. The van der Waals surface area contributed by atoms with Gasteiger partial charge < -0.3 is 10.1 Å². The van der Waals surface area contributed by atoms with Gasteiger partial charge in [-0.3, -0.25) is 0 Å². The summed E-state index contributed by atoms with van der Waals surface area (Å²) in [5.41, 5.74) is 0.574. The fourth-order valence-electron chi connectivity index (χ4n) is 1.06. The van der Waals surface area contributed by atoms with E-state index in [2.05, 4.69) is 16.4 Å². The zero-order valence-corrected chi connectivity index (χ0v) is 8.16. The van der Waals surface area contributed by atoms with Crippen LogP contribution in [0.2, 0.25) is 0 Å². The van der Waals surface area contributed by atoms with Gasteiger partial charge in [-0.2, -0.15) is 5.26 Å². The van der Waals surface area contributed by atoms with Crippen LogP contribution in [-0.4, -0.2) is 25.2 Å². The van der Waals surface area contributed by atoms with E-state index >= 15 is 0 Å². The largest absolute Gasteiger partial charge is 0.385 e. The van der Waals surface area contributed by atoms with Crippen LogP contribution in [0.15, 0.2) is 18.3 Å². The van der Waals surface area contributed by atoms with Crippen molar-refractivity contribution in [1.82, 2.24) is 4.98 Å². The Hall–Kier alpha value is -1.60. The second-order valence-electron chi connectivity index (χ2n) is 2.78. The molecule has 0 fully saturated rings. The lowest BCUT2D eigenvalue weighted by molar-refractivity contribution is 0.198. The van der Waals surface area contributed by atoms with Gasteiger partial charge in [0.2, 0.25) is 0 Å². The van der Waals surface area contributed by atoms with E-state index in [1.807, 2.05) is 0 Å². The first-order valence-electron chi connectivity index (χ1n) is 4.46. The summed E-state index contributed by atoms with van der Waals surface area (Å²) in [4.78, 5) is 4.07. The van der Waals surface area contributed by atoms with Crippen molar-refractivity contribution in [3.05, 3.63) is 23.9 Å². The van der Waals surface area contributed by atoms with Gasteiger partial charge in [-0.05, 0) is 18.6 Å². The lowest BCUT2D eigenvalue weighted by atomic mass is 10.3. The molecule has 4 nitrogen and oxygen atoms in total. The first-order valence-corrected chi connectivity index (χ1v) is 4.46. The lowest BCUT2D eigenvalue weighted by Crippen LogP contribution is -2.07. The summed E-state index contributed by atoms with van der Waals surface area (Å²) < 4.78 is 4.91. The Kier molecular flexibility index (Phi) is 4.45. The lowest BCUT2D eigenvalue weighted by Gasteiger charge is -2.05. The number of ether oxygens (including phenoxy) is 1. The molecule has 0 spiro atoms. The van der Waals surface area contributed by atoms with Crippen molar-refractivity contribution in [3.8, 4) is 6.07 Å². The molecule has 1 aromatic rings. The first kappa shape index (κ1) is 10.5.